The fourth-order valence-corrected chi connectivity index (χ4v) is 1.63. The van der Waals surface area contributed by atoms with Gasteiger partial charge in [0.2, 0.25) is 0 Å². The molecule has 0 radical (unpaired) electrons. The van der Waals surface area contributed by atoms with E-state index in [1.807, 2.05) is 30.3 Å². The number of halogens is 2. The third kappa shape index (κ3) is 3.11. The van der Waals surface area contributed by atoms with Crippen LogP contribution in [-0.2, 0) is 13.1 Å². The highest BCUT2D eigenvalue weighted by molar-refractivity contribution is 5.20. The van der Waals surface area contributed by atoms with Crippen LogP contribution in [0, 0.1) is 11.6 Å². The third-order valence-corrected chi connectivity index (χ3v) is 2.54. The first-order valence-corrected chi connectivity index (χ1v) is 5.45. The van der Waals surface area contributed by atoms with E-state index in [1.165, 1.54) is 18.2 Å². The van der Waals surface area contributed by atoms with E-state index in [2.05, 4.69) is 5.32 Å². The summed E-state index contributed by atoms with van der Waals surface area (Å²) >= 11 is 0. The van der Waals surface area contributed by atoms with Gasteiger partial charge in [0.15, 0.2) is 0 Å². The molecule has 17 heavy (non-hydrogen) atoms. The van der Waals surface area contributed by atoms with Crippen molar-refractivity contribution in [1.82, 2.24) is 5.32 Å². The first kappa shape index (κ1) is 11.7. The zero-order valence-corrected chi connectivity index (χ0v) is 9.29. The molecule has 0 aliphatic carbocycles. The van der Waals surface area contributed by atoms with Crippen LogP contribution in [0.3, 0.4) is 0 Å². The maximum absolute atomic E-state index is 13.3. The van der Waals surface area contributed by atoms with Gasteiger partial charge in [-0.05, 0) is 17.7 Å². The van der Waals surface area contributed by atoms with Gasteiger partial charge in [-0.2, -0.15) is 0 Å². The third-order valence-electron chi connectivity index (χ3n) is 2.54. The van der Waals surface area contributed by atoms with Gasteiger partial charge in [-0.15, -0.1) is 0 Å². The quantitative estimate of drug-likeness (QED) is 0.854. The fraction of sp³-hybridized carbons (Fsp3) is 0.143. The average Bonchev–Trinajstić information content (AvgIpc) is 2.34. The van der Waals surface area contributed by atoms with Gasteiger partial charge in [0.05, 0.1) is 0 Å². The second-order valence-electron chi connectivity index (χ2n) is 3.79. The molecule has 1 nitrogen and oxygen atoms in total. The maximum Gasteiger partial charge on any atom is 0.130 e. The fourth-order valence-electron chi connectivity index (χ4n) is 1.63. The minimum Gasteiger partial charge on any atom is -0.308 e. The SMILES string of the molecule is Fc1cccc(F)c1CNCc1ccccc1. The summed E-state index contributed by atoms with van der Waals surface area (Å²) in [7, 11) is 0. The number of benzene rings is 2. The molecule has 2 aromatic carbocycles. The van der Waals surface area contributed by atoms with Gasteiger partial charge in [-0.25, -0.2) is 8.78 Å². The largest absolute Gasteiger partial charge is 0.308 e. The van der Waals surface area contributed by atoms with Gasteiger partial charge in [-0.1, -0.05) is 36.4 Å². The zero-order chi connectivity index (χ0) is 12.1. The smallest absolute Gasteiger partial charge is 0.130 e. The molecule has 0 bridgehead atoms. The monoisotopic (exact) mass is 233 g/mol. The summed E-state index contributed by atoms with van der Waals surface area (Å²) in [6.07, 6.45) is 0. The lowest BCUT2D eigenvalue weighted by Crippen LogP contribution is -2.14. The maximum atomic E-state index is 13.3. The zero-order valence-electron chi connectivity index (χ0n) is 9.29. The molecule has 0 unspecified atom stereocenters. The van der Waals surface area contributed by atoms with Crippen LogP contribution in [0.15, 0.2) is 48.5 Å². The van der Waals surface area contributed by atoms with Crippen LogP contribution in [0.5, 0.6) is 0 Å². The van der Waals surface area contributed by atoms with E-state index in [4.69, 9.17) is 0 Å². The Bertz CT molecular complexity index is 463. The lowest BCUT2D eigenvalue weighted by molar-refractivity contribution is 0.535. The molecule has 2 rings (SSSR count). The van der Waals surface area contributed by atoms with E-state index in [-0.39, 0.29) is 12.1 Å². The summed E-state index contributed by atoms with van der Waals surface area (Å²) < 4.78 is 26.6. The highest BCUT2D eigenvalue weighted by Gasteiger charge is 2.06. The van der Waals surface area contributed by atoms with Crippen LogP contribution in [0.1, 0.15) is 11.1 Å². The van der Waals surface area contributed by atoms with Crippen LogP contribution >= 0.6 is 0 Å². The molecule has 0 spiro atoms. The van der Waals surface area contributed by atoms with E-state index in [9.17, 15) is 8.78 Å². The van der Waals surface area contributed by atoms with E-state index >= 15 is 0 Å². The molecule has 0 saturated carbocycles. The van der Waals surface area contributed by atoms with E-state index in [0.717, 1.165) is 5.56 Å². The summed E-state index contributed by atoms with van der Waals surface area (Å²) in [5, 5.41) is 3.02. The highest BCUT2D eigenvalue weighted by Crippen LogP contribution is 2.11. The van der Waals surface area contributed by atoms with Crippen molar-refractivity contribution in [2.24, 2.45) is 0 Å². The van der Waals surface area contributed by atoms with Crippen LogP contribution in [0.2, 0.25) is 0 Å². The van der Waals surface area contributed by atoms with E-state index < -0.39 is 11.6 Å². The molecular weight excluding hydrogens is 220 g/mol. The summed E-state index contributed by atoms with van der Waals surface area (Å²) in [5.41, 5.74) is 1.17. The number of hydrogen-bond acceptors (Lipinski definition) is 1. The van der Waals surface area contributed by atoms with Crippen molar-refractivity contribution in [1.29, 1.82) is 0 Å². The second-order valence-corrected chi connectivity index (χ2v) is 3.79. The Morgan fingerprint density at radius 2 is 1.41 bits per heavy atom. The molecule has 2 aromatic rings. The van der Waals surface area contributed by atoms with Crippen LogP contribution < -0.4 is 5.32 Å². The Labute approximate surface area is 99.1 Å². The Morgan fingerprint density at radius 1 is 0.765 bits per heavy atom. The van der Waals surface area contributed by atoms with Gasteiger partial charge in [0.25, 0.3) is 0 Å². The first-order valence-electron chi connectivity index (χ1n) is 5.45. The van der Waals surface area contributed by atoms with Gasteiger partial charge < -0.3 is 5.32 Å². The van der Waals surface area contributed by atoms with Crippen molar-refractivity contribution in [2.75, 3.05) is 0 Å². The number of hydrogen-bond donors (Lipinski definition) is 1. The summed E-state index contributed by atoms with van der Waals surface area (Å²) in [6.45, 7) is 0.780. The first-order chi connectivity index (χ1) is 8.27. The van der Waals surface area contributed by atoms with Crippen molar-refractivity contribution in [2.45, 2.75) is 13.1 Å². The van der Waals surface area contributed by atoms with E-state index in [1.54, 1.807) is 0 Å². The number of nitrogens with one attached hydrogen (secondary N) is 1. The molecule has 0 atom stereocenters. The lowest BCUT2D eigenvalue weighted by atomic mass is 10.2. The Balaban J connectivity index is 1.95. The van der Waals surface area contributed by atoms with Crippen LogP contribution in [-0.4, -0.2) is 0 Å². The molecular formula is C14H13F2N. The van der Waals surface area contributed by atoms with E-state index in [0.29, 0.717) is 6.54 Å². The molecule has 0 fully saturated rings. The molecule has 0 aliphatic rings. The van der Waals surface area contributed by atoms with Crippen molar-refractivity contribution >= 4 is 0 Å². The number of rotatable bonds is 4. The normalized spacial score (nSPS) is 10.5. The van der Waals surface area contributed by atoms with Gasteiger partial charge in [0, 0.05) is 18.7 Å². The van der Waals surface area contributed by atoms with Gasteiger partial charge in [0.1, 0.15) is 11.6 Å². The summed E-state index contributed by atoms with van der Waals surface area (Å²) in [5.74, 6) is -1.02. The lowest BCUT2D eigenvalue weighted by Gasteiger charge is -2.07. The molecule has 0 heterocycles. The molecule has 0 aliphatic heterocycles. The molecule has 0 aromatic heterocycles. The van der Waals surface area contributed by atoms with Gasteiger partial charge >= 0.3 is 0 Å². The van der Waals surface area contributed by atoms with Crippen LogP contribution in [0.4, 0.5) is 8.78 Å². The standard InChI is InChI=1S/C14H13F2N/c15-13-7-4-8-14(16)12(13)10-17-9-11-5-2-1-3-6-11/h1-8,17H,9-10H2. The predicted molar refractivity (Wildman–Crippen MR) is 63.3 cm³/mol. The predicted octanol–water partition coefficient (Wildman–Crippen LogP) is 3.25. The Kier molecular flexibility index (Phi) is 3.83. The Morgan fingerprint density at radius 3 is 2.06 bits per heavy atom. The minimum absolute atomic E-state index is 0.0865. The second kappa shape index (κ2) is 5.55. The Hall–Kier alpha value is -1.74. The molecule has 1 N–H and O–H groups in total. The molecule has 0 amide bonds. The van der Waals surface area contributed by atoms with Gasteiger partial charge in [-0.3, -0.25) is 0 Å². The van der Waals surface area contributed by atoms with Crippen molar-refractivity contribution < 1.29 is 8.78 Å². The van der Waals surface area contributed by atoms with Crippen molar-refractivity contribution in [3.63, 3.8) is 0 Å². The molecule has 3 heteroatoms. The average molecular weight is 233 g/mol. The summed E-state index contributed by atoms with van der Waals surface area (Å²) in [6, 6.07) is 13.6. The highest BCUT2D eigenvalue weighted by atomic mass is 19.1. The molecule has 88 valence electrons. The topological polar surface area (TPSA) is 12.0 Å². The summed E-state index contributed by atoms with van der Waals surface area (Å²) in [4.78, 5) is 0. The van der Waals surface area contributed by atoms with Crippen molar-refractivity contribution in [3.05, 3.63) is 71.3 Å². The minimum atomic E-state index is -0.509. The van der Waals surface area contributed by atoms with Crippen molar-refractivity contribution in [3.8, 4) is 0 Å². The van der Waals surface area contributed by atoms with Crippen LogP contribution in [0.25, 0.3) is 0 Å². The molecule has 0 saturated heterocycles.